The van der Waals surface area contributed by atoms with E-state index in [1.807, 2.05) is 13.8 Å². The molecule has 0 atom stereocenters. The summed E-state index contributed by atoms with van der Waals surface area (Å²) in [4.78, 5) is 27.0. The largest absolute Gasteiger partial charge is 0.349 e. The number of amides is 1. The average Bonchev–Trinajstić information content (AvgIpc) is 3.29. The van der Waals surface area contributed by atoms with Crippen molar-refractivity contribution in [2.24, 2.45) is 7.05 Å². The van der Waals surface area contributed by atoms with Crippen molar-refractivity contribution in [1.29, 1.82) is 0 Å². The van der Waals surface area contributed by atoms with E-state index in [1.165, 1.54) is 34.2 Å². The maximum Gasteiger partial charge on any atom is 0.266 e. The van der Waals surface area contributed by atoms with E-state index < -0.39 is 24.2 Å². The topological polar surface area (TPSA) is 88.8 Å². The zero-order valence-electron chi connectivity index (χ0n) is 17.8. The monoisotopic (exact) mass is 445 g/mol. The van der Waals surface area contributed by atoms with Crippen LogP contribution >= 0.6 is 0 Å². The Morgan fingerprint density at radius 1 is 1.19 bits per heavy atom. The van der Waals surface area contributed by atoms with Crippen LogP contribution in [-0.4, -0.2) is 49.7 Å². The van der Waals surface area contributed by atoms with Crippen molar-refractivity contribution < 1.29 is 18.0 Å². The molecule has 0 bridgehead atoms. The minimum absolute atomic E-state index is 0.0480. The summed E-state index contributed by atoms with van der Waals surface area (Å²) in [5, 5.41) is 6.62. The molecule has 168 valence electrons. The van der Waals surface area contributed by atoms with Crippen molar-refractivity contribution >= 4 is 17.4 Å². The highest BCUT2D eigenvalue weighted by Gasteiger charge is 2.40. The van der Waals surface area contributed by atoms with Crippen LogP contribution in [0.4, 0.5) is 24.7 Å². The predicted octanol–water partition coefficient (Wildman–Crippen LogP) is 3.63. The quantitative estimate of drug-likeness (QED) is 0.645. The molecule has 1 fully saturated rings. The number of rotatable bonds is 5. The maximum absolute atomic E-state index is 14.5. The number of carbonyl (C=O) groups is 1. The summed E-state index contributed by atoms with van der Waals surface area (Å²) in [6.07, 6.45) is 4.88. The van der Waals surface area contributed by atoms with Crippen molar-refractivity contribution in [3.05, 3.63) is 48.1 Å². The van der Waals surface area contributed by atoms with Gasteiger partial charge in [0.1, 0.15) is 11.5 Å². The lowest BCUT2D eigenvalue weighted by molar-refractivity contribution is 0.0257. The number of nitrogens with one attached hydrogen (secondary N) is 1. The lowest BCUT2D eigenvalue weighted by atomic mass is 10.1. The van der Waals surface area contributed by atoms with Gasteiger partial charge in [0.25, 0.3) is 11.8 Å². The number of anilines is 2. The van der Waals surface area contributed by atoms with Gasteiger partial charge in [-0.15, -0.1) is 0 Å². The molecule has 1 aliphatic rings. The molecule has 1 N–H and O–H groups in total. The van der Waals surface area contributed by atoms with Crippen LogP contribution in [0.3, 0.4) is 0 Å². The lowest BCUT2D eigenvalue weighted by Crippen LogP contribution is -2.27. The van der Waals surface area contributed by atoms with E-state index in [1.54, 1.807) is 7.05 Å². The summed E-state index contributed by atoms with van der Waals surface area (Å²) in [7, 11) is 1.55. The standard InChI is InChI=1S/C21H22F3N7O/c1-12(2)18-26-8-13(9-27-18)20(32)29-16-14(17-15(22)10-28-30(17)3)4-6-25-19(16)31-7-5-21(23,24)11-31/h4,6,8-10,12H,5,7,11H2,1-3H3,(H,29,32). The number of carbonyl (C=O) groups excluding carboxylic acids is 1. The highest BCUT2D eigenvalue weighted by atomic mass is 19.3. The molecule has 0 aliphatic carbocycles. The van der Waals surface area contributed by atoms with Gasteiger partial charge in [0.15, 0.2) is 11.6 Å². The SMILES string of the molecule is CC(C)c1ncc(C(=O)Nc2c(-c3c(F)cnn3C)ccnc2N2CCC(F)(F)C2)cn1. The first kappa shape index (κ1) is 21.7. The van der Waals surface area contributed by atoms with E-state index in [9.17, 15) is 18.0 Å². The molecule has 3 aromatic heterocycles. The summed E-state index contributed by atoms with van der Waals surface area (Å²) < 4.78 is 43.6. The molecular weight excluding hydrogens is 423 g/mol. The van der Waals surface area contributed by atoms with Gasteiger partial charge in [0, 0.05) is 50.1 Å². The van der Waals surface area contributed by atoms with Crippen LogP contribution in [-0.2, 0) is 7.05 Å². The maximum atomic E-state index is 14.5. The van der Waals surface area contributed by atoms with Crippen LogP contribution in [0, 0.1) is 5.82 Å². The van der Waals surface area contributed by atoms with Crippen molar-refractivity contribution in [3.8, 4) is 11.3 Å². The predicted molar refractivity (Wildman–Crippen MR) is 112 cm³/mol. The number of hydrogen-bond donors (Lipinski definition) is 1. The molecule has 32 heavy (non-hydrogen) atoms. The van der Waals surface area contributed by atoms with Gasteiger partial charge < -0.3 is 10.2 Å². The first-order valence-electron chi connectivity index (χ1n) is 10.1. The number of hydrogen-bond acceptors (Lipinski definition) is 6. The minimum Gasteiger partial charge on any atom is -0.349 e. The molecule has 8 nitrogen and oxygen atoms in total. The fourth-order valence-corrected chi connectivity index (χ4v) is 3.58. The summed E-state index contributed by atoms with van der Waals surface area (Å²) in [6.45, 7) is 3.36. The Kier molecular flexibility index (Phi) is 5.57. The van der Waals surface area contributed by atoms with Crippen molar-refractivity contribution in [2.45, 2.75) is 32.1 Å². The number of pyridine rings is 1. The molecule has 0 radical (unpaired) electrons. The molecule has 4 heterocycles. The number of nitrogens with zero attached hydrogens (tertiary/aromatic N) is 6. The van der Waals surface area contributed by atoms with E-state index in [2.05, 4.69) is 25.4 Å². The van der Waals surface area contributed by atoms with Crippen molar-refractivity contribution in [1.82, 2.24) is 24.7 Å². The molecule has 11 heteroatoms. The fourth-order valence-electron chi connectivity index (χ4n) is 3.58. The molecule has 1 saturated heterocycles. The van der Waals surface area contributed by atoms with Gasteiger partial charge in [-0.3, -0.25) is 9.48 Å². The molecule has 1 aliphatic heterocycles. The van der Waals surface area contributed by atoms with Gasteiger partial charge in [-0.1, -0.05) is 13.8 Å². The van der Waals surface area contributed by atoms with E-state index in [-0.39, 0.29) is 47.2 Å². The van der Waals surface area contributed by atoms with Crippen molar-refractivity contribution in [3.63, 3.8) is 0 Å². The molecule has 0 unspecified atom stereocenters. The van der Waals surface area contributed by atoms with Crippen molar-refractivity contribution in [2.75, 3.05) is 23.3 Å². The van der Waals surface area contributed by atoms with Crippen LogP contribution in [0.5, 0.6) is 0 Å². The van der Waals surface area contributed by atoms with Gasteiger partial charge in [-0.2, -0.15) is 5.10 Å². The molecule has 0 spiro atoms. The zero-order chi connectivity index (χ0) is 23.0. The number of halogens is 3. The molecule has 1 amide bonds. The van der Waals surface area contributed by atoms with E-state index in [4.69, 9.17) is 0 Å². The second-order valence-electron chi connectivity index (χ2n) is 7.99. The third-order valence-electron chi connectivity index (χ3n) is 5.24. The summed E-state index contributed by atoms with van der Waals surface area (Å²) >= 11 is 0. The molecule has 3 aromatic rings. The van der Waals surface area contributed by atoms with E-state index in [0.717, 1.165) is 6.20 Å². The van der Waals surface area contributed by atoms with Crippen LogP contribution < -0.4 is 10.2 Å². The fraction of sp³-hybridized carbons (Fsp3) is 0.381. The highest BCUT2D eigenvalue weighted by Crippen LogP contribution is 2.39. The molecular formula is C21H22F3N7O. The summed E-state index contributed by atoms with van der Waals surface area (Å²) in [6, 6.07) is 1.51. The Hall–Kier alpha value is -3.50. The van der Waals surface area contributed by atoms with Crippen LogP contribution in [0.15, 0.2) is 30.9 Å². The second kappa shape index (κ2) is 8.21. The van der Waals surface area contributed by atoms with E-state index in [0.29, 0.717) is 5.82 Å². The Morgan fingerprint density at radius 2 is 1.91 bits per heavy atom. The second-order valence-corrected chi connectivity index (χ2v) is 7.99. The first-order valence-corrected chi connectivity index (χ1v) is 10.1. The third-order valence-corrected chi connectivity index (χ3v) is 5.24. The molecule has 0 aromatic carbocycles. The number of aromatic nitrogens is 5. The van der Waals surface area contributed by atoms with Gasteiger partial charge in [0.2, 0.25) is 0 Å². The summed E-state index contributed by atoms with van der Waals surface area (Å²) in [5.74, 6) is -3.25. The normalized spacial score (nSPS) is 15.4. The smallest absolute Gasteiger partial charge is 0.266 e. The first-order chi connectivity index (χ1) is 15.2. The Balaban J connectivity index is 1.76. The Bertz CT molecular complexity index is 1130. The third kappa shape index (κ3) is 4.14. The number of alkyl halides is 2. The number of aryl methyl sites for hydroxylation is 1. The Morgan fingerprint density at radius 3 is 2.47 bits per heavy atom. The Labute approximate surface area is 182 Å². The minimum atomic E-state index is -2.88. The van der Waals surface area contributed by atoms with Gasteiger partial charge >= 0.3 is 0 Å². The van der Waals surface area contributed by atoms with Gasteiger partial charge in [-0.05, 0) is 6.07 Å². The lowest BCUT2D eigenvalue weighted by Gasteiger charge is -2.23. The van der Waals surface area contributed by atoms with E-state index >= 15 is 0 Å². The molecule has 0 saturated carbocycles. The highest BCUT2D eigenvalue weighted by molar-refractivity contribution is 6.07. The average molecular weight is 445 g/mol. The summed E-state index contributed by atoms with van der Waals surface area (Å²) in [5.41, 5.74) is 0.662. The van der Waals surface area contributed by atoms with Gasteiger partial charge in [0.05, 0.1) is 24.0 Å². The zero-order valence-corrected chi connectivity index (χ0v) is 17.8. The van der Waals surface area contributed by atoms with Crippen LogP contribution in [0.2, 0.25) is 0 Å². The van der Waals surface area contributed by atoms with Gasteiger partial charge in [-0.25, -0.2) is 28.1 Å². The molecule has 4 rings (SSSR count). The van der Waals surface area contributed by atoms with Crippen LogP contribution in [0.1, 0.15) is 42.4 Å². The van der Waals surface area contributed by atoms with Crippen LogP contribution in [0.25, 0.3) is 11.3 Å².